The van der Waals surface area contributed by atoms with Crippen LogP contribution in [0.3, 0.4) is 0 Å². The van der Waals surface area contributed by atoms with Gasteiger partial charge in [0, 0.05) is 24.9 Å². The lowest BCUT2D eigenvalue weighted by Gasteiger charge is -2.48. The van der Waals surface area contributed by atoms with E-state index >= 15 is 0 Å². The molecule has 2 aliphatic rings. The number of ether oxygens (including phenoxy) is 2. The number of anilines is 1. The smallest absolute Gasteiger partial charge is 0.412 e. The summed E-state index contributed by atoms with van der Waals surface area (Å²) in [5.74, 6) is 0.643. The summed E-state index contributed by atoms with van der Waals surface area (Å²) in [6, 6.07) is 6.77. The highest BCUT2D eigenvalue weighted by atomic mass is 16.6. The number of piperidine rings is 2. The summed E-state index contributed by atoms with van der Waals surface area (Å²) in [6.45, 7) is 3.86. The Hall–Kier alpha value is -1.79. The number of nitrogens with zero attached hydrogens (tertiary/aromatic N) is 1. The maximum Gasteiger partial charge on any atom is 0.412 e. The number of carbonyl (C=O) groups excluding carboxylic acids is 1. The minimum absolute atomic E-state index is 0.0122. The minimum atomic E-state index is -0.390. The fraction of sp³-hybridized carbons (Fsp3) is 0.667. The fourth-order valence-electron chi connectivity index (χ4n) is 4.54. The van der Waals surface area contributed by atoms with E-state index in [0.717, 1.165) is 44.3 Å². The summed E-state index contributed by atoms with van der Waals surface area (Å²) in [5, 5.41) is 2.85. The zero-order valence-electron chi connectivity index (χ0n) is 16.6. The van der Waals surface area contributed by atoms with Gasteiger partial charge in [-0.25, -0.2) is 4.79 Å². The molecule has 2 atom stereocenters. The molecule has 150 valence electrons. The first-order valence-electron chi connectivity index (χ1n) is 10.2. The maximum atomic E-state index is 12.5. The molecule has 2 saturated heterocycles. The Morgan fingerprint density at radius 1 is 1.26 bits per heavy atom. The number of aryl methyl sites for hydroxylation is 1. The van der Waals surface area contributed by atoms with Crippen LogP contribution in [0, 0.1) is 6.92 Å². The number of methoxy groups -OCH3 is 1. The molecule has 2 bridgehead atoms. The number of benzene rings is 1. The number of unbranched alkanes of at least 4 members (excludes halogenated alkanes) is 1. The summed E-state index contributed by atoms with van der Waals surface area (Å²) in [7, 11) is 1.60. The van der Waals surface area contributed by atoms with Gasteiger partial charge in [0.2, 0.25) is 0 Å². The second kappa shape index (κ2) is 9.42. The van der Waals surface area contributed by atoms with E-state index in [1.807, 2.05) is 25.1 Å². The number of rotatable bonds is 7. The van der Waals surface area contributed by atoms with Crippen molar-refractivity contribution in [1.82, 2.24) is 4.90 Å². The molecule has 0 aromatic heterocycles. The van der Waals surface area contributed by atoms with E-state index in [0.29, 0.717) is 23.5 Å². The van der Waals surface area contributed by atoms with E-state index in [1.54, 1.807) is 7.11 Å². The lowest BCUT2D eigenvalue weighted by molar-refractivity contribution is -0.0307. The van der Waals surface area contributed by atoms with Gasteiger partial charge in [-0.3, -0.25) is 10.2 Å². The van der Waals surface area contributed by atoms with Gasteiger partial charge in [0.05, 0.1) is 12.8 Å². The van der Waals surface area contributed by atoms with Crippen LogP contribution in [0.4, 0.5) is 10.5 Å². The van der Waals surface area contributed by atoms with Crippen molar-refractivity contribution in [3.05, 3.63) is 23.8 Å². The second-order valence-electron chi connectivity index (χ2n) is 7.80. The van der Waals surface area contributed by atoms with Crippen molar-refractivity contribution in [3.63, 3.8) is 0 Å². The Bertz CT molecular complexity index is 623. The van der Waals surface area contributed by atoms with Gasteiger partial charge in [-0.1, -0.05) is 12.5 Å². The van der Waals surface area contributed by atoms with Crippen molar-refractivity contribution in [1.29, 1.82) is 0 Å². The first-order chi connectivity index (χ1) is 13.1. The van der Waals surface area contributed by atoms with Crippen molar-refractivity contribution in [2.24, 2.45) is 5.73 Å². The van der Waals surface area contributed by atoms with E-state index < -0.39 is 6.09 Å². The molecule has 1 aromatic carbocycles. The highest BCUT2D eigenvalue weighted by Gasteiger charge is 2.39. The van der Waals surface area contributed by atoms with Crippen molar-refractivity contribution in [2.45, 2.75) is 70.1 Å². The van der Waals surface area contributed by atoms with Gasteiger partial charge in [-0.05, 0) is 63.4 Å². The molecule has 2 aliphatic heterocycles. The van der Waals surface area contributed by atoms with Crippen molar-refractivity contribution in [2.75, 3.05) is 25.5 Å². The molecule has 3 N–H and O–H groups in total. The van der Waals surface area contributed by atoms with Crippen LogP contribution >= 0.6 is 0 Å². The van der Waals surface area contributed by atoms with E-state index in [-0.39, 0.29) is 6.10 Å². The Kier molecular flexibility index (Phi) is 6.96. The quantitative estimate of drug-likeness (QED) is 0.711. The van der Waals surface area contributed by atoms with Crippen LogP contribution in [0.5, 0.6) is 5.75 Å². The Morgan fingerprint density at radius 2 is 2.00 bits per heavy atom. The van der Waals surface area contributed by atoms with Crippen LogP contribution in [-0.2, 0) is 4.74 Å². The standard InChI is InChI=1S/C21H33N3O3/c1-15-8-9-20(26-2)19(12-15)23-21(25)27-18-13-16-6-5-7-17(14-18)24(16)11-4-3-10-22/h8-9,12,16-18H,3-7,10-11,13-14,22H2,1-2H3,(H,23,25). The average Bonchev–Trinajstić information content (AvgIpc) is 2.62. The summed E-state index contributed by atoms with van der Waals surface area (Å²) >= 11 is 0. The predicted molar refractivity (Wildman–Crippen MR) is 107 cm³/mol. The van der Waals surface area contributed by atoms with Crippen LogP contribution in [0.1, 0.15) is 50.5 Å². The van der Waals surface area contributed by atoms with Crippen molar-refractivity contribution < 1.29 is 14.3 Å². The fourth-order valence-corrected chi connectivity index (χ4v) is 4.54. The minimum Gasteiger partial charge on any atom is -0.495 e. The molecule has 6 heteroatoms. The van der Waals surface area contributed by atoms with Crippen LogP contribution in [0.15, 0.2) is 18.2 Å². The SMILES string of the molecule is COc1ccc(C)cc1NC(=O)OC1CC2CCCC(C1)N2CCCCN. The van der Waals surface area contributed by atoms with Crippen molar-refractivity contribution in [3.8, 4) is 5.75 Å². The van der Waals surface area contributed by atoms with Crippen LogP contribution < -0.4 is 15.8 Å². The largest absolute Gasteiger partial charge is 0.495 e. The number of hydrogen-bond acceptors (Lipinski definition) is 5. The zero-order valence-corrected chi connectivity index (χ0v) is 16.6. The second-order valence-corrected chi connectivity index (χ2v) is 7.80. The first-order valence-corrected chi connectivity index (χ1v) is 10.2. The van der Waals surface area contributed by atoms with Crippen molar-refractivity contribution >= 4 is 11.8 Å². The number of nitrogens with one attached hydrogen (secondary N) is 1. The molecule has 2 heterocycles. The van der Waals surface area contributed by atoms with Gasteiger partial charge >= 0.3 is 6.09 Å². The lowest BCUT2D eigenvalue weighted by atomic mass is 9.82. The molecule has 1 amide bonds. The van der Waals surface area contributed by atoms with Gasteiger partial charge < -0.3 is 15.2 Å². The van der Waals surface area contributed by atoms with E-state index in [1.165, 1.54) is 19.3 Å². The van der Waals surface area contributed by atoms with E-state index in [4.69, 9.17) is 15.2 Å². The first kappa shape index (κ1) is 20.0. The molecule has 0 spiro atoms. The number of nitrogens with two attached hydrogens (primary N) is 1. The van der Waals surface area contributed by atoms with Gasteiger partial charge in [-0.2, -0.15) is 0 Å². The third-order valence-electron chi connectivity index (χ3n) is 5.82. The van der Waals surface area contributed by atoms with Gasteiger partial charge in [0.25, 0.3) is 0 Å². The number of amides is 1. The predicted octanol–water partition coefficient (Wildman–Crippen LogP) is 3.68. The maximum absolute atomic E-state index is 12.5. The van der Waals surface area contributed by atoms with Gasteiger partial charge in [-0.15, -0.1) is 0 Å². The molecule has 6 nitrogen and oxygen atoms in total. The molecule has 0 radical (unpaired) electrons. The van der Waals surface area contributed by atoms with Crippen LogP contribution in [-0.4, -0.2) is 49.4 Å². The zero-order chi connectivity index (χ0) is 19.2. The molecular formula is C21H33N3O3. The summed E-state index contributed by atoms with van der Waals surface area (Å²) in [4.78, 5) is 15.1. The normalized spacial score (nSPS) is 25.1. The number of hydrogen-bond donors (Lipinski definition) is 2. The topological polar surface area (TPSA) is 76.8 Å². The third kappa shape index (κ3) is 5.14. The monoisotopic (exact) mass is 375 g/mol. The summed E-state index contributed by atoms with van der Waals surface area (Å²) in [6.07, 6.45) is 7.37. The van der Waals surface area contributed by atoms with Gasteiger partial charge in [0.1, 0.15) is 11.9 Å². The van der Waals surface area contributed by atoms with Gasteiger partial charge in [0.15, 0.2) is 0 Å². The highest BCUT2D eigenvalue weighted by Crippen LogP contribution is 2.35. The van der Waals surface area contributed by atoms with E-state index in [2.05, 4.69) is 10.2 Å². The van der Waals surface area contributed by atoms with E-state index in [9.17, 15) is 4.79 Å². The van der Waals surface area contributed by atoms with Crippen LogP contribution in [0.25, 0.3) is 0 Å². The molecule has 2 fully saturated rings. The Balaban J connectivity index is 1.56. The molecule has 1 aromatic rings. The number of carbonyl (C=O) groups is 1. The van der Waals surface area contributed by atoms with Crippen LogP contribution in [0.2, 0.25) is 0 Å². The lowest BCUT2D eigenvalue weighted by Crippen LogP contribution is -2.54. The highest BCUT2D eigenvalue weighted by molar-refractivity contribution is 5.87. The molecule has 0 saturated carbocycles. The third-order valence-corrected chi connectivity index (χ3v) is 5.82. The molecule has 2 unspecified atom stereocenters. The molecule has 3 rings (SSSR count). The Labute approximate surface area is 162 Å². The summed E-state index contributed by atoms with van der Waals surface area (Å²) in [5.41, 5.74) is 7.35. The molecular weight excluding hydrogens is 342 g/mol. The number of fused-ring (bicyclic) bond motifs is 2. The molecule has 27 heavy (non-hydrogen) atoms. The summed E-state index contributed by atoms with van der Waals surface area (Å²) < 4.78 is 11.1. The molecule has 0 aliphatic carbocycles. The Morgan fingerprint density at radius 3 is 2.67 bits per heavy atom. The average molecular weight is 376 g/mol.